The van der Waals surface area contributed by atoms with Crippen molar-refractivity contribution in [1.29, 1.82) is 0 Å². The molecule has 0 spiro atoms. The van der Waals surface area contributed by atoms with Gasteiger partial charge in [0.05, 0.1) is 27.4 Å². The highest BCUT2D eigenvalue weighted by molar-refractivity contribution is 6.33. The van der Waals surface area contributed by atoms with Gasteiger partial charge < -0.3 is 4.98 Å². The minimum Gasteiger partial charge on any atom is -0.353 e. The number of hydrazine groups is 1. The normalized spacial score (nSPS) is 13.0. The number of rotatable bonds is 3. The molecule has 3 heterocycles. The zero-order chi connectivity index (χ0) is 23.4. The molecule has 34 heavy (non-hydrogen) atoms. The van der Waals surface area contributed by atoms with Gasteiger partial charge in [0, 0.05) is 21.9 Å². The van der Waals surface area contributed by atoms with Crippen LogP contribution < -0.4 is 5.43 Å². The fraction of sp³-hybridized carbons (Fsp3) is 0. The van der Waals surface area contributed by atoms with Crippen LogP contribution in [0.1, 0.15) is 31.2 Å². The number of imide groups is 1. The zero-order valence-corrected chi connectivity index (χ0v) is 18.3. The zero-order valence-electron chi connectivity index (χ0n) is 17.5. The van der Waals surface area contributed by atoms with Gasteiger partial charge in [0.25, 0.3) is 17.7 Å². The molecule has 5 aromatic rings. The summed E-state index contributed by atoms with van der Waals surface area (Å²) in [6.45, 7) is 0. The number of carbonyl (C=O) groups is 3. The summed E-state index contributed by atoms with van der Waals surface area (Å²) in [7, 11) is 0. The molecule has 1 aliphatic heterocycles. The molecular formula is C26H15ClN4O3. The minimum atomic E-state index is -0.685. The van der Waals surface area contributed by atoms with Gasteiger partial charge >= 0.3 is 0 Å². The molecule has 0 fully saturated rings. The Morgan fingerprint density at radius 3 is 2.15 bits per heavy atom. The Bertz CT molecular complexity index is 1640. The molecule has 0 saturated heterocycles. The Morgan fingerprint density at radius 2 is 1.44 bits per heavy atom. The van der Waals surface area contributed by atoms with Crippen LogP contribution >= 0.6 is 11.6 Å². The molecule has 164 valence electrons. The third-order valence-electron chi connectivity index (χ3n) is 5.87. The summed E-state index contributed by atoms with van der Waals surface area (Å²) in [4.78, 5) is 46.6. The van der Waals surface area contributed by atoms with Crippen molar-refractivity contribution < 1.29 is 14.4 Å². The first kappa shape index (κ1) is 20.1. The largest absolute Gasteiger partial charge is 0.353 e. The number of nitrogens with zero attached hydrogens (tertiary/aromatic N) is 2. The maximum atomic E-state index is 13.3. The van der Waals surface area contributed by atoms with Crippen molar-refractivity contribution in [3.05, 3.63) is 101 Å². The molecule has 3 aromatic carbocycles. The monoisotopic (exact) mass is 466 g/mol. The SMILES string of the molecule is O=C(NN1C(=O)c2ccccc2C1=O)c1cc2c([nH]c3ccccc32)c(-c2ccccc2Cl)n1. The number of hydrogen-bond acceptors (Lipinski definition) is 4. The van der Waals surface area contributed by atoms with Crippen LogP contribution in [0.4, 0.5) is 0 Å². The van der Waals surface area contributed by atoms with Crippen molar-refractivity contribution >= 4 is 51.1 Å². The molecule has 2 N–H and O–H groups in total. The van der Waals surface area contributed by atoms with Crippen molar-refractivity contribution in [3.8, 4) is 11.3 Å². The molecule has 7 nitrogen and oxygen atoms in total. The second-order valence-electron chi connectivity index (χ2n) is 7.86. The Hall–Kier alpha value is -4.49. The highest BCUT2D eigenvalue weighted by Crippen LogP contribution is 2.35. The summed E-state index contributed by atoms with van der Waals surface area (Å²) in [5, 5.41) is 2.88. The maximum absolute atomic E-state index is 13.3. The Kier molecular flexibility index (Phi) is 4.46. The average Bonchev–Trinajstić information content (AvgIpc) is 3.35. The summed E-state index contributed by atoms with van der Waals surface area (Å²) in [6, 6.07) is 23.0. The molecule has 2 aromatic heterocycles. The van der Waals surface area contributed by atoms with Crippen LogP contribution in [-0.4, -0.2) is 32.7 Å². The van der Waals surface area contributed by atoms with Crippen LogP contribution in [0.25, 0.3) is 33.1 Å². The maximum Gasteiger partial charge on any atom is 0.288 e. The summed E-state index contributed by atoms with van der Waals surface area (Å²) in [6.07, 6.45) is 0. The predicted molar refractivity (Wildman–Crippen MR) is 128 cm³/mol. The molecule has 8 heteroatoms. The van der Waals surface area contributed by atoms with Gasteiger partial charge in [0.1, 0.15) is 5.69 Å². The average molecular weight is 467 g/mol. The molecule has 0 aliphatic carbocycles. The van der Waals surface area contributed by atoms with Gasteiger partial charge in [-0.05, 0) is 30.3 Å². The first-order valence-electron chi connectivity index (χ1n) is 10.5. The molecule has 1 aliphatic rings. The number of halogens is 1. The Balaban J connectivity index is 1.48. The Labute approximate surface area is 197 Å². The van der Waals surface area contributed by atoms with Gasteiger partial charge in [-0.3, -0.25) is 19.8 Å². The van der Waals surface area contributed by atoms with E-state index in [9.17, 15) is 14.4 Å². The van der Waals surface area contributed by atoms with Crippen LogP contribution in [-0.2, 0) is 0 Å². The molecule has 0 radical (unpaired) electrons. The lowest BCUT2D eigenvalue weighted by atomic mass is 10.1. The van der Waals surface area contributed by atoms with E-state index in [0.717, 1.165) is 26.8 Å². The van der Waals surface area contributed by atoms with E-state index in [2.05, 4.69) is 15.4 Å². The molecule has 0 saturated carbocycles. The number of benzene rings is 3. The number of H-pyrrole nitrogens is 1. The lowest BCUT2D eigenvalue weighted by Gasteiger charge is -2.15. The number of hydrogen-bond donors (Lipinski definition) is 2. The first-order chi connectivity index (χ1) is 16.5. The van der Waals surface area contributed by atoms with Gasteiger partial charge in [-0.25, -0.2) is 4.98 Å². The van der Waals surface area contributed by atoms with Crippen molar-refractivity contribution in [2.24, 2.45) is 0 Å². The van der Waals surface area contributed by atoms with Gasteiger partial charge in [-0.15, -0.1) is 0 Å². The molecular weight excluding hydrogens is 452 g/mol. The summed E-state index contributed by atoms with van der Waals surface area (Å²) < 4.78 is 0. The summed E-state index contributed by atoms with van der Waals surface area (Å²) >= 11 is 6.47. The number of amides is 3. The molecule has 0 bridgehead atoms. The third kappa shape index (κ3) is 2.98. The van der Waals surface area contributed by atoms with Gasteiger partial charge in [0.15, 0.2) is 0 Å². The van der Waals surface area contributed by atoms with Crippen LogP contribution in [0.5, 0.6) is 0 Å². The van der Waals surface area contributed by atoms with E-state index in [1.807, 2.05) is 42.5 Å². The van der Waals surface area contributed by atoms with Gasteiger partial charge in [-0.2, -0.15) is 5.01 Å². The lowest BCUT2D eigenvalue weighted by Crippen LogP contribution is -2.46. The molecule has 6 rings (SSSR count). The predicted octanol–water partition coefficient (Wildman–Crippen LogP) is 4.98. The van der Waals surface area contributed by atoms with Crippen LogP contribution in [0.15, 0.2) is 78.9 Å². The Morgan fingerprint density at radius 1 is 0.824 bits per heavy atom. The highest BCUT2D eigenvalue weighted by Gasteiger charge is 2.37. The summed E-state index contributed by atoms with van der Waals surface area (Å²) in [5.41, 5.74) is 5.71. The van der Waals surface area contributed by atoms with E-state index in [1.54, 1.807) is 36.4 Å². The van der Waals surface area contributed by atoms with E-state index in [0.29, 0.717) is 16.3 Å². The lowest BCUT2D eigenvalue weighted by molar-refractivity contribution is 0.0516. The number of para-hydroxylation sites is 1. The standard InChI is InChI=1S/C26H15ClN4O3/c27-19-11-5-3-10-17(19)22-23-18(14-7-4-6-12-20(14)28-23)13-21(29-22)24(32)30-31-25(33)15-8-1-2-9-16(15)26(31)34/h1-13,28H,(H,30,32). The summed E-state index contributed by atoms with van der Waals surface area (Å²) in [5.74, 6) is -1.86. The number of aromatic amines is 1. The van der Waals surface area contributed by atoms with Crippen molar-refractivity contribution in [3.63, 3.8) is 0 Å². The van der Waals surface area contributed by atoms with Crippen LogP contribution in [0.3, 0.4) is 0 Å². The van der Waals surface area contributed by atoms with E-state index in [-0.39, 0.29) is 16.8 Å². The number of nitrogens with one attached hydrogen (secondary N) is 2. The van der Waals surface area contributed by atoms with Crippen LogP contribution in [0.2, 0.25) is 5.02 Å². The van der Waals surface area contributed by atoms with E-state index >= 15 is 0 Å². The number of aromatic nitrogens is 2. The minimum absolute atomic E-state index is 0.0451. The number of carbonyl (C=O) groups excluding carboxylic acids is 3. The van der Waals surface area contributed by atoms with Crippen molar-refractivity contribution in [1.82, 2.24) is 20.4 Å². The van der Waals surface area contributed by atoms with Gasteiger partial charge in [0.2, 0.25) is 0 Å². The second-order valence-corrected chi connectivity index (χ2v) is 8.27. The topological polar surface area (TPSA) is 95.2 Å². The smallest absolute Gasteiger partial charge is 0.288 e. The molecule has 0 unspecified atom stereocenters. The van der Waals surface area contributed by atoms with E-state index in [4.69, 9.17) is 11.6 Å². The van der Waals surface area contributed by atoms with Crippen LogP contribution in [0, 0.1) is 0 Å². The van der Waals surface area contributed by atoms with Crippen molar-refractivity contribution in [2.45, 2.75) is 0 Å². The molecule has 0 atom stereocenters. The second kappa shape index (κ2) is 7.54. The fourth-order valence-electron chi connectivity index (χ4n) is 4.26. The van der Waals surface area contributed by atoms with Gasteiger partial charge in [-0.1, -0.05) is 60.1 Å². The third-order valence-corrected chi connectivity index (χ3v) is 6.19. The molecule has 3 amide bonds. The van der Waals surface area contributed by atoms with E-state index < -0.39 is 17.7 Å². The first-order valence-corrected chi connectivity index (χ1v) is 10.9. The highest BCUT2D eigenvalue weighted by atomic mass is 35.5. The van der Waals surface area contributed by atoms with Crippen molar-refractivity contribution in [2.75, 3.05) is 0 Å². The number of fused-ring (bicyclic) bond motifs is 4. The fourth-order valence-corrected chi connectivity index (χ4v) is 4.48. The van der Waals surface area contributed by atoms with E-state index in [1.165, 1.54) is 0 Å². The number of pyridine rings is 1. The quantitative estimate of drug-likeness (QED) is 0.367.